The molecule has 1 N–H and O–H groups in total. The molecule has 0 aromatic carbocycles. The molecule has 1 aliphatic rings. The quantitative estimate of drug-likeness (QED) is 0.894. The second-order valence-electron chi connectivity index (χ2n) is 5.53. The molecule has 0 radical (unpaired) electrons. The minimum absolute atomic E-state index is 0.512. The Kier molecular flexibility index (Phi) is 4.51. The van der Waals surface area contributed by atoms with E-state index in [1.165, 1.54) is 30.7 Å². The predicted octanol–water partition coefficient (Wildman–Crippen LogP) is 3.33. The Hall–Kier alpha value is -0.480. The van der Waals surface area contributed by atoms with Crippen LogP contribution >= 0.6 is 11.3 Å². The average Bonchev–Trinajstić information content (AvgIpc) is 2.76. The lowest BCUT2D eigenvalue weighted by atomic mass is 9.83. The summed E-state index contributed by atoms with van der Waals surface area (Å²) in [4.78, 5) is 0. The van der Waals surface area contributed by atoms with Crippen molar-refractivity contribution in [3.63, 3.8) is 0 Å². The first-order valence-corrected chi connectivity index (χ1v) is 7.52. The average molecular weight is 253 g/mol. The smallest absolute Gasteiger partial charge is 0.131 e. The summed E-state index contributed by atoms with van der Waals surface area (Å²) >= 11 is 1.80. The van der Waals surface area contributed by atoms with Gasteiger partial charge in [-0.15, -0.1) is 10.2 Å². The maximum absolute atomic E-state index is 4.37. The van der Waals surface area contributed by atoms with Crippen molar-refractivity contribution >= 4 is 11.3 Å². The summed E-state index contributed by atoms with van der Waals surface area (Å²) in [6, 6.07) is 0.512. The van der Waals surface area contributed by atoms with Crippen LogP contribution in [0.25, 0.3) is 0 Å². The molecule has 1 fully saturated rings. The number of aromatic nitrogens is 2. The van der Waals surface area contributed by atoms with Crippen molar-refractivity contribution < 1.29 is 0 Å². The van der Waals surface area contributed by atoms with E-state index in [0.717, 1.165) is 17.5 Å². The lowest BCUT2D eigenvalue weighted by Gasteiger charge is -2.23. The van der Waals surface area contributed by atoms with Gasteiger partial charge < -0.3 is 5.32 Å². The summed E-state index contributed by atoms with van der Waals surface area (Å²) < 4.78 is 0. The summed E-state index contributed by atoms with van der Waals surface area (Å²) in [5.41, 5.74) is 0. The van der Waals surface area contributed by atoms with Crippen LogP contribution < -0.4 is 5.32 Å². The molecule has 4 heteroatoms. The standard InChI is InChI=1S/C13H23N3S/c1-9(2)14-8-12-15-16-13(17-12)11-6-4-10(3)5-7-11/h9-11,14H,4-8H2,1-3H3. The zero-order chi connectivity index (χ0) is 12.3. The minimum Gasteiger partial charge on any atom is -0.308 e. The molecule has 17 heavy (non-hydrogen) atoms. The van der Waals surface area contributed by atoms with E-state index in [0.29, 0.717) is 12.0 Å². The van der Waals surface area contributed by atoms with Crippen molar-refractivity contribution in [3.05, 3.63) is 10.0 Å². The van der Waals surface area contributed by atoms with Gasteiger partial charge >= 0.3 is 0 Å². The highest BCUT2D eigenvalue weighted by molar-refractivity contribution is 7.11. The largest absolute Gasteiger partial charge is 0.308 e. The molecule has 2 rings (SSSR count). The number of rotatable bonds is 4. The molecule has 3 nitrogen and oxygen atoms in total. The molecule has 1 aromatic heterocycles. The first-order valence-electron chi connectivity index (χ1n) is 6.70. The number of nitrogens with one attached hydrogen (secondary N) is 1. The molecule has 0 saturated heterocycles. The van der Waals surface area contributed by atoms with E-state index < -0.39 is 0 Å². The van der Waals surface area contributed by atoms with Crippen molar-refractivity contribution in [2.75, 3.05) is 0 Å². The Morgan fingerprint density at radius 1 is 1.24 bits per heavy atom. The fourth-order valence-electron chi connectivity index (χ4n) is 2.30. The first-order chi connectivity index (χ1) is 8.15. The molecule has 0 amide bonds. The van der Waals surface area contributed by atoms with Crippen LogP contribution in [0.15, 0.2) is 0 Å². The lowest BCUT2D eigenvalue weighted by molar-refractivity contribution is 0.346. The van der Waals surface area contributed by atoms with Gasteiger partial charge in [-0.1, -0.05) is 44.9 Å². The SMILES string of the molecule is CC1CCC(c2nnc(CNC(C)C)s2)CC1. The van der Waals surface area contributed by atoms with Crippen molar-refractivity contribution in [1.82, 2.24) is 15.5 Å². The molecule has 0 aliphatic heterocycles. The fraction of sp³-hybridized carbons (Fsp3) is 0.846. The molecule has 1 aromatic rings. The monoisotopic (exact) mass is 253 g/mol. The first kappa shape index (κ1) is 13.0. The van der Waals surface area contributed by atoms with Gasteiger partial charge in [0.15, 0.2) is 0 Å². The van der Waals surface area contributed by atoms with E-state index in [4.69, 9.17) is 0 Å². The van der Waals surface area contributed by atoms with E-state index in [1.54, 1.807) is 11.3 Å². The van der Waals surface area contributed by atoms with Crippen molar-refractivity contribution in [2.24, 2.45) is 5.92 Å². The van der Waals surface area contributed by atoms with Crippen LogP contribution in [0.3, 0.4) is 0 Å². The van der Waals surface area contributed by atoms with Gasteiger partial charge in [0, 0.05) is 18.5 Å². The Morgan fingerprint density at radius 3 is 2.59 bits per heavy atom. The highest BCUT2D eigenvalue weighted by Crippen LogP contribution is 2.36. The summed E-state index contributed by atoms with van der Waals surface area (Å²) in [7, 11) is 0. The second kappa shape index (κ2) is 5.91. The molecule has 1 saturated carbocycles. The van der Waals surface area contributed by atoms with Crippen molar-refractivity contribution in [1.29, 1.82) is 0 Å². The predicted molar refractivity (Wildman–Crippen MR) is 72.3 cm³/mol. The number of hydrogen-bond acceptors (Lipinski definition) is 4. The highest BCUT2D eigenvalue weighted by atomic mass is 32.1. The van der Waals surface area contributed by atoms with Gasteiger partial charge in [-0.3, -0.25) is 0 Å². The van der Waals surface area contributed by atoms with E-state index in [1.807, 2.05) is 0 Å². The van der Waals surface area contributed by atoms with Gasteiger partial charge in [-0.2, -0.15) is 0 Å². The molecule has 0 bridgehead atoms. The topological polar surface area (TPSA) is 37.8 Å². The van der Waals surface area contributed by atoms with Crippen LogP contribution in [0.4, 0.5) is 0 Å². The minimum atomic E-state index is 0.512. The summed E-state index contributed by atoms with van der Waals surface area (Å²) in [6.07, 6.45) is 5.30. The molecule has 0 unspecified atom stereocenters. The van der Waals surface area contributed by atoms with Crippen LogP contribution in [-0.4, -0.2) is 16.2 Å². The third kappa shape index (κ3) is 3.75. The van der Waals surface area contributed by atoms with Gasteiger partial charge in [0.05, 0.1) is 0 Å². The van der Waals surface area contributed by atoms with Gasteiger partial charge in [0.2, 0.25) is 0 Å². The van der Waals surface area contributed by atoms with Gasteiger partial charge in [0.1, 0.15) is 10.0 Å². The van der Waals surface area contributed by atoms with Crippen LogP contribution in [-0.2, 0) is 6.54 Å². The zero-order valence-corrected chi connectivity index (χ0v) is 11.9. The van der Waals surface area contributed by atoms with Crippen LogP contribution in [0.2, 0.25) is 0 Å². The van der Waals surface area contributed by atoms with Gasteiger partial charge in [0.25, 0.3) is 0 Å². The normalized spacial score (nSPS) is 25.4. The van der Waals surface area contributed by atoms with Crippen LogP contribution in [0.5, 0.6) is 0 Å². The summed E-state index contributed by atoms with van der Waals surface area (Å²) in [6.45, 7) is 7.53. The summed E-state index contributed by atoms with van der Waals surface area (Å²) in [5, 5.41) is 14.4. The molecule has 96 valence electrons. The third-order valence-electron chi connectivity index (χ3n) is 3.51. The molecule has 0 spiro atoms. The van der Waals surface area contributed by atoms with Gasteiger partial charge in [-0.05, 0) is 18.8 Å². The second-order valence-corrected chi connectivity index (χ2v) is 6.62. The Balaban J connectivity index is 1.89. The van der Waals surface area contributed by atoms with E-state index in [-0.39, 0.29) is 0 Å². The number of hydrogen-bond donors (Lipinski definition) is 1. The molecule has 1 aliphatic carbocycles. The Morgan fingerprint density at radius 2 is 1.94 bits per heavy atom. The van der Waals surface area contributed by atoms with E-state index >= 15 is 0 Å². The van der Waals surface area contributed by atoms with E-state index in [9.17, 15) is 0 Å². The lowest BCUT2D eigenvalue weighted by Crippen LogP contribution is -2.21. The van der Waals surface area contributed by atoms with Gasteiger partial charge in [-0.25, -0.2) is 0 Å². The Labute approximate surface area is 108 Å². The van der Waals surface area contributed by atoms with Crippen LogP contribution in [0.1, 0.15) is 62.4 Å². The number of nitrogens with zero attached hydrogens (tertiary/aromatic N) is 2. The van der Waals surface area contributed by atoms with Crippen molar-refractivity contribution in [3.8, 4) is 0 Å². The fourth-order valence-corrected chi connectivity index (χ4v) is 3.26. The maximum atomic E-state index is 4.37. The maximum Gasteiger partial charge on any atom is 0.131 e. The molecular weight excluding hydrogens is 230 g/mol. The third-order valence-corrected chi connectivity index (χ3v) is 4.59. The van der Waals surface area contributed by atoms with E-state index in [2.05, 4.69) is 36.3 Å². The molecular formula is C13H23N3S. The summed E-state index contributed by atoms with van der Waals surface area (Å²) in [5.74, 6) is 1.58. The molecule has 1 heterocycles. The van der Waals surface area contributed by atoms with Crippen LogP contribution in [0, 0.1) is 5.92 Å². The zero-order valence-electron chi connectivity index (χ0n) is 11.1. The van der Waals surface area contributed by atoms with Crippen molar-refractivity contribution in [2.45, 2.75) is 65.0 Å². The highest BCUT2D eigenvalue weighted by Gasteiger charge is 2.22. The molecule has 0 atom stereocenters. The Bertz CT molecular complexity index is 340.